The van der Waals surface area contributed by atoms with Gasteiger partial charge in [0.25, 0.3) is 0 Å². The van der Waals surface area contributed by atoms with Gasteiger partial charge in [-0.25, -0.2) is 4.98 Å². The van der Waals surface area contributed by atoms with Crippen LogP contribution in [0.1, 0.15) is 51.5 Å². The van der Waals surface area contributed by atoms with Gasteiger partial charge < -0.3 is 20.9 Å². The predicted octanol–water partition coefficient (Wildman–Crippen LogP) is 6.05. The van der Waals surface area contributed by atoms with Crippen LogP contribution in [0.4, 0.5) is 23.1 Å². The Bertz CT molecular complexity index is 1580. The van der Waals surface area contributed by atoms with Gasteiger partial charge in [-0.15, -0.1) is 0 Å². The summed E-state index contributed by atoms with van der Waals surface area (Å²) in [4.78, 5) is 38.4. The molecule has 2 amide bonds. The fourth-order valence-electron chi connectivity index (χ4n) is 8.04. The highest BCUT2D eigenvalue weighted by atomic mass is 35.5. The molecule has 2 aromatic heterocycles. The van der Waals surface area contributed by atoms with E-state index in [2.05, 4.69) is 61.2 Å². The number of carbonyl (C=O) groups excluding carboxylic acids is 2. The summed E-state index contributed by atoms with van der Waals surface area (Å²) in [7, 11) is 0. The summed E-state index contributed by atoms with van der Waals surface area (Å²) in [6.45, 7) is 13.7. The van der Waals surface area contributed by atoms with E-state index in [1.54, 1.807) is 12.4 Å². The molecule has 6 rings (SSSR count). The number of piperazine rings is 1. The summed E-state index contributed by atoms with van der Waals surface area (Å²) in [5.74, 6) is 4.63. The van der Waals surface area contributed by atoms with Crippen molar-refractivity contribution in [2.75, 3.05) is 48.7 Å². The molecule has 2 saturated carbocycles. The number of rotatable bonds is 12. The minimum Gasteiger partial charge on any atom is -0.365 e. The van der Waals surface area contributed by atoms with Gasteiger partial charge >= 0.3 is 0 Å². The number of nitrogens with zero attached hydrogens (tertiary/aromatic N) is 6. The minimum atomic E-state index is -0.264. The molecule has 5 atom stereocenters. The zero-order valence-electron chi connectivity index (χ0n) is 28.1. The quantitative estimate of drug-likeness (QED) is 0.199. The van der Waals surface area contributed by atoms with E-state index in [1.165, 1.54) is 31.8 Å². The molecule has 256 valence electrons. The number of aromatic nitrogens is 4. The van der Waals surface area contributed by atoms with Crippen molar-refractivity contribution in [2.24, 2.45) is 29.6 Å². The molecule has 3 heterocycles. The van der Waals surface area contributed by atoms with Gasteiger partial charge in [-0.2, -0.15) is 10.1 Å². The monoisotopic (exact) mass is 673 g/mol. The van der Waals surface area contributed by atoms with Crippen LogP contribution in [0.25, 0.3) is 0 Å². The fourth-order valence-corrected chi connectivity index (χ4v) is 8.20. The van der Waals surface area contributed by atoms with Gasteiger partial charge in [-0.1, -0.05) is 44.2 Å². The summed E-state index contributed by atoms with van der Waals surface area (Å²) >= 11 is 6.38. The number of carbonyl (C=O) groups is 2. The first-order valence-electron chi connectivity index (χ1n) is 17.3. The van der Waals surface area contributed by atoms with Crippen molar-refractivity contribution in [3.63, 3.8) is 0 Å². The summed E-state index contributed by atoms with van der Waals surface area (Å²) < 4.78 is 1.91. The Morgan fingerprint density at radius 2 is 1.88 bits per heavy atom. The van der Waals surface area contributed by atoms with E-state index >= 15 is 0 Å². The number of halogens is 1. The second-order valence-electron chi connectivity index (χ2n) is 14.0. The third kappa shape index (κ3) is 8.73. The Morgan fingerprint density at radius 3 is 2.69 bits per heavy atom. The molecule has 3 N–H and O–H groups in total. The molecule has 48 heavy (non-hydrogen) atoms. The van der Waals surface area contributed by atoms with Crippen molar-refractivity contribution in [2.45, 2.75) is 59.0 Å². The molecule has 12 heteroatoms. The van der Waals surface area contributed by atoms with E-state index in [9.17, 15) is 9.59 Å². The second-order valence-corrected chi connectivity index (χ2v) is 14.4. The van der Waals surface area contributed by atoms with Crippen LogP contribution in [0.2, 0.25) is 5.02 Å². The Kier molecular flexibility index (Phi) is 11.0. The molecule has 1 saturated heterocycles. The number of benzene rings is 1. The summed E-state index contributed by atoms with van der Waals surface area (Å²) in [5.41, 5.74) is 2.40. The van der Waals surface area contributed by atoms with E-state index in [4.69, 9.17) is 11.6 Å². The van der Waals surface area contributed by atoms with E-state index in [0.29, 0.717) is 46.8 Å². The van der Waals surface area contributed by atoms with E-state index in [0.717, 1.165) is 74.7 Å². The molecule has 3 aromatic rings. The normalized spacial score (nSPS) is 24.1. The maximum atomic E-state index is 13.3. The first-order valence-corrected chi connectivity index (χ1v) is 17.7. The molecule has 2 bridgehead atoms. The lowest BCUT2D eigenvalue weighted by Gasteiger charge is -2.47. The first-order chi connectivity index (χ1) is 23.2. The Hall–Kier alpha value is -3.96. The lowest BCUT2D eigenvalue weighted by Crippen LogP contribution is -2.50. The molecular weight excluding hydrogens is 626 g/mol. The van der Waals surface area contributed by atoms with Crippen molar-refractivity contribution < 1.29 is 9.59 Å². The molecule has 3 fully saturated rings. The topological polar surface area (TPSA) is 120 Å². The Balaban J connectivity index is 0.941. The fraction of sp³-hybridized carbons (Fsp3) is 0.528. The highest BCUT2D eigenvalue weighted by Gasteiger charge is 2.41. The van der Waals surface area contributed by atoms with Crippen LogP contribution in [0.5, 0.6) is 0 Å². The van der Waals surface area contributed by atoms with Crippen LogP contribution in [0.3, 0.4) is 0 Å². The van der Waals surface area contributed by atoms with E-state index in [-0.39, 0.29) is 5.91 Å². The van der Waals surface area contributed by atoms with Gasteiger partial charge in [0.2, 0.25) is 17.8 Å². The van der Waals surface area contributed by atoms with Crippen LogP contribution in [0.15, 0.2) is 55.5 Å². The lowest BCUT2D eigenvalue weighted by atomic mass is 9.59. The zero-order valence-corrected chi connectivity index (χ0v) is 28.8. The van der Waals surface area contributed by atoms with E-state index < -0.39 is 0 Å². The third-order valence-electron chi connectivity index (χ3n) is 10.4. The van der Waals surface area contributed by atoms with Gasteiger partial charge in [-0.05, 0) is 79.0 Å². The lowest BCUT2D eigenvalue weighted by molar-refractivity contribution is -0.136. The summed E-state index contributed by atoms with van der Waals surface area (Å²) in [5, 5.41) is 14.1. The zero-order chi connectivity index (χ0) is 33.6. The molecule has 3 unspecified atom stereocenters. The highest BCUT2D eigenvalue weighted by molar-refractivity contribution is 6.32. The molecule has 2 aliphatic carbocycles. The molecule has 11 nitrogen and oxygen atoms in total. The van der Waals surface area contributed by atoms with Crippen molar-refractivity contribution in [3.05, 3.63) is 66.1 Å². The Morgan fingerprint density at radius 1 is 1.04 bits per heavy atom. The number of hydrogen-bond acceptors (Lipinski definition) is 8. The number of nitrogens with one attached hydrogen (secondary N) is 3. The van der Waals surface area contributed by atoms with Gasteiger partial charge in [0, 0.05) is 57.6 Å². The van der Waals surface area contributed by atoms with Gasteiger partial charge in [-0.3, -0.25) is 19.2 Å². The SMILES string of the molecule is C=CC(=O)Nc1cccc(CNc2nc(Nc3cnn(CCN4CCN(C(=O)CC5C(C)C[C@@H]6CC(C)C[C@H]5C6)CC4)c3)ncc2Cl)c1. The van der Waals surface area contributed by atoms with Crippen molar-refractivity contribution >= 4 is 46.6 Å². The molecule has 0 radical (unpaired) electrons. The highest BCUT2D eigenvalue weighted by Crippen LogP contribution is 2.49. The average Bonchev–Trinajstić information content (AvgIpc) is 3.53. The largest absolute Gasteiger partial charge is 0.365 e. The van der Waals surface area contributed by atoms with Crippen molar-refractivity contribution in [1.82, 2.24) is 29.5 Å². The van der Waals surface area contributed by atoms with Crippen molar-refractivity contribution in [1.29, 1.82) is 0 Å². The van der Waals surface area contributed by atoms with Gasteiger partial charge in [0.15, 0.2) is 5.82 Å². The third-order valence-corrected chi connectivity index (χ3v) is 10.6. The van der Waals surface area contributed by atoms with Crippen LogP contribution < -0.4 is 16.0 Å². The predicted molar refractivity (Wildman–Crippen MR) is 190 cm³/mol. The van der Waals surface area contributed by atoms with Gasteiger partial charge in [0.1, 0.15) is 5.02 Å². The molecule has 1 aliphatic heterocycles. The number of fused-ring (bicyclic) bond motifs is 2. The summed E-state index contributed by atoms with van der Waals surface area (Å²) in [6.07, 6.45) is 12.5. The van der Waals surface area contributed by atoms with Crippen LogP contribution in [0, 0.1) is 29.6 Å². The van der Waals surface area contributed by atoms with Crippen LogP contribution >= 0.6 is 11.6 Å². The van der Waals surface area contributed by atoms with Crippen molar-refractivity contribution in [3.8, 4) is 0 Å². The standard InChI is InChI=1S/C36H48ClN9O2/c1-4-33(47)41-29-7-5-6-26(18-29)20-38-35-32(37)22-39-36(43-35)42-30-21-40-46(23-30)13-10-44-8-11-45(12-9-44)34(48)19-31-25(3)16-27-14-24(2)15-28(31)17-27/h4-7,18,21-25,27-28,31H,1,8-17,19-20H2,2-3H3,(H,41,47)(H2,38,39,42,43)/t24?,25?,27-,28-,31?/m0/s1. The maximum absolute atomic E-state index is 13.3. The number of anilines is 4. The average molecular weight is 674 g/mol. The maximum Gasteiger partial charge on any atom is 0.247 e. The molecular formula is C36H48ClN9O2. The van der Waals surface area contributed by atoms with Crippen LogP contribution in [-0.4, -0.2) is 74.1 Å². The number of hydrogen-bond donors (Lipinski definition) is 3. The summed E-state index contributed by atoms with van der Waals surface area (Å²) in [6, 6.07) is 7.50. The van der Waals surface area contributed by atoms with Crippen LogP contribution in [-0.2, 0) is 22.7 Å². The second kappa shape index (κ2) is 15.5. The smallest absolute Gasteiger partial charge is 0.247 e. The molecule has 1 aromatic carbocycles. The Labute approximate surface area is 288 Å². The molecule has 3 aliphatic rings. The minimum absolute atomic E-state index is 0.264. The van der Waals surface area contributed by atoms with Gasteiger partial charge in [0.05, 0.1) is 24.6 Å². The first kappa shape index (κ1) is 33.9. The van der Waals surface area contributed by atoms with E-state index in [1.807, 2.05) is 35.1 Å². The number of amides is 2. The molecule has 0 spiro atoms.